The number of nitro benzene ring substituents is 1. The van der Waals surface area contributed by atoms with Crippen molar-refractivity contribution in [1.82, 2.24) is 4.57 Å². The zero-order valence-corrected chi connectivity index (χ0v) is 17.7. The summed E-state index contributed by atoms with van der Waals surface area (Å²) in [4.78, 5) is 14.7. The minimum Gasteiger partial charge on any atom is -0.506 e. The molecule has 8 heteroatoms. The Bertz CT molecular complexity index is 1060. The summed E-state index contributed by atoms with van der Waals surface area (Å²) in [5, 5.41) is 20.9. The minimum absolute atomic E-state index is 0.116. The first-order valence-corrected chi connectivity index (χ1v) is 9.53. The summed E-state index contributed by atoms with van der Waals surface area (Å²) in [5.74, 6) is -0.116. The van der Waals surface area contributed by atoms with Crippen LogP contribution in [0.15, 0.2) is 56.4 Å². The third-order valence-corrected chi connectivity index (χ3v) is 5.73. The number of phenolic OH excluding ortho intramolecular Hbond substituents is 1. The largest absolute Gasteiger partial charge is 0.506 e. The van der Waals surface area contributed by atoms with Crippen LogP contribution in [0.25, 0.3) is 5.69 Å². The van der Waals surface area contributed by atoms with E-state index < -0.39 is 4.92 Å². The van der Waals surface area contributed by atoms with Crippen molar-refractivity contribution in [3.8, 4) is 11.4 Å². The van der Waals surface area contributed by atoms with Gasteiger partial charge in [-0.05, 0) is 60.1 Å². The molecule has 0 spiro atoms. The van der Waals surface area contributed by atoms with Gasteiger partial charge in [-0.25, -0.2) is 0 Å². The van der Waals surface area contributed by atoms with Gasteiger partial charge < -0.3 is 9.67 Å². The monoisotopic (exact) mass is 491 g/mol. The van der Waals surface area contributed by atoms with Crippen molar-refractivity contribution < 1.29 is 10.0 Å². The molecule has 0 fully saturated rings. The molecule has 0 bridgehead atoms. The summed E-state index contributed by atoms with van der Waals surface area (Å²) < 4.78 is 3.96. The quantitative estimate of drug-likeness (QED) is 0.276. The first-order chi connectivity index (χ1) is 12.8. The van der Waals surface area contributed by atoms with Gasteiger partial charge in [-0.2, -0.15) is 0 Å². The average molecular weight is 493 g/mol. The number of rotatable bonds is 4. The fourth-order valence-corrected chi connectivity index (χ4v) is 3.65. The second kappa shape index (κ2) is 7.66. The molecule has 1 aromatic heterocycles. The van der Waals surface area contributed by atoms with E-state index in [2.05, 4.69) is 41.4 Å². The van der Waals surface area contributed by atoms with Gasteiger partial charge in [0.1, 0.15) is 11.4 Å². The molecular weight excluding hydrogens is 478 g/mol. The van der Waals surface area contributed by atoms with E-state index in [1.807, 2.05) is 38.1 Å². The molecule has 6 nitrogen and oxygen atoms in total. The van der Waals surface area contributed by atoms with Gasteiger partial charge >= 0.3 is 0 Å². The highest BCUT2D eigenvalue weighted by Gasteiger charge is 2.16. The van der Waals surface area contributed by atoms with E-state index in [4.69, 9.17) is 0 Å². The van der Waals surface area contributed by atoms with Gasteiger partial charge in [-0.1, -0.05) is 15.9 Å². The van der Waals surface area contributed by atoms with Crippen LogP contribution in [0, 0.1) is 24.0 Å². The Hall–Kier alpha value is -2.45. The summed E-state index contributed by atoms with van der Waals surface area (Å²) in [6.45, 7) is 3.95. The highest BCUT2D eigenvalue weighted by Crippen LogP contribution is 2.33. The van der Waals surface area contributed by atoms with Crippen LogP contribution in [0.4, 0.5) is 11.4 Å². The zero-order valence-electron chi connectivity index (χ0n) is 14.5. The lowest BCUT2D eigenvalue weighted by molar-refractivity contribution is -0.384. The van der Waals surface area contributed by atoms with Crippen molar-refractivity contribution >= 4 is 49.4 Å². The SMILES string of the molecule is Cc1c(Br)c(C=Nc2cc([N+](=O)[O-])ccc2O)c(C)n1-c1ccc(Br)cc1. The molecule has 138 valence electrons. The second-order valence-corrected chi connectivity index (χ2v) is 7.61. The maximum atomic E-state index is 10.9. The molecule has 0 unspecified atom stereocenters. The van der Waals surface area contributed by atoms with Crippen molar-refractivity contribution in [2.75, 3.05) is 0 Å². The van der Waals surface area contributed by atoms with Gasteiger partial charge in [-0.15, -0.1) is 0 Å². The first-order valence-electron chi connectivity index (χ1n) is 7.94. The van der Waals surface area contributed by atoms with Crippen LogP contribution in [0.1, 0.15) is 17.0 Å². The van der Waals surface area contributed by atoms with Crippen molar-refractivity contribution in [2.45, 2.75) is 13.8 Å². The van der Waals surface area contributed by atoms with Crippen LogP contribution >= 0.6 is 31.9 Å². The number of hydrogen-bond donors (Lipinski definition) is 1. The van der Waals surface area contributed by atoms with Crippen molar-refractivity contribution in [3.05, 3.63) is 78.5 Å². The molecule has 0 amide bonds. The maximum Gasteiger partial charge on any atom is 0.271 e. The molecule has 3 aromatic rings. The van der Waals surface area contributed by atoms with Crippen LogP contribution < -0.4 is 0 Å². The lowest BCUT2D eigenvalue weighted by atomic mass is 10.2. The van der Waals surface area contributed by atoms with Gasteiger partial charge in [0.2, 0.25) is 0 Å². The molecule has 0 saturated carbocycles. The van der Waals surface area contributed by atoms with E-state index in [-0.39, 0.29) is 17.1 Å². The summed E-state index contributed by atoms with van der Waals surface area (Å²) in [6.07, 6.45) is 1.60. The van der Waals surface area contributed by atoms with E-state index in [0.717, 1.165) is 31.6 Å². The lowest BCUT2D eigenvalue weighted by Gasteiger charge is -2.09. The molecule has 27 heavy (non-hydrogen) atoms. The number of aliphatic imine (C=N–C) groups is 1. The molecule has 2 aromatic carbocycles. The van der Waals surface area contributed by atoms with Crippen molar-refractivity contribution in [1.29, 1.82) is 0 Å². The Morgan fingerprint density at radius 2 is 1.78 bits per heavy atom. The van der Waals surface area contributed by atoms with Gasteiger partial charge in [0.25, 0.3) is 5.69 Å². The number of phenols is 1. The lowest BCUT2D eigenvalue weighted by Crippen LogP contribution is -1.99. The Morgan fingerprint density at radius 3 is 2.41 bits per heavy atom. The third kappa shape index (κ3) is 3.81. The fraction of sp³-hybridized carbons (Fsp3) is 0.105. The molecule has 0 aliphatic rings. The van der Waals surface area contributed by atoms with Gasteiger partial charge in [0, 0.05) is 49.9 Å². The fourth-order valence-electron chi connectivity index (χ4n) is 2.81. The van der Waals surface area contributed by atoms with Crippen LogP contribution in [-0.4, -0.2) is 20.8 Å². The number of non-ortho nitro benzene ring substituents is 1. The van der Waals surface area contributed by atoms with E-state index in [1.165, 1.54) is 18.2 Å². The zero-order chi connectivity index (χ0) is 19.7. The molecule has 0 aliphatic heterocycles. The average Bonchev–Trinajstić information content (AvgIpc) is 2.84. The molecule has 1 N–H and O–H groups in total. The molecule has 0 aliphatic carbocycles. The van der Waals surface area contributed by atoms with E-state index in [0.29, 0.717) is 0 Å². The number of aromatic hydroxyl groups is 1. The predicted molar refractivity (Wildman–Crippen MR) is 113 cm³/mol. The number of nitrogens with zero attached hydrogens (tertiary/aromatic N) is 3. The Morgan fingerprint density at radius 1 is 1.11 bits per heavy atom. The maximum absolute atomic E-state index is 10.9. The van der Waals surface area contributed by atoms with Crippen LogP contribution in [0.3, 0.4) is 0 Å². The normalized spacial score (nSPS) is 11.3. The topological polar surface area (TPSA) is 80.7 Å². The Kier molecular flexibility index (Phi) is 5.48. The Balaban J connectivity index is 2.05. The number of aromatic nitrogens is 1. The minimum atomic E-state index is -0.520. The van der Waals surface area contributed by atoms with E-state index in [1.54, 1.807) is 6.21 Å². The number of hydrogen-bond acceptors (Lipinski definition) is 4. The van der Waals surface area contributed by atoms with E-state index in [9.17, 15) is 15.2 Å². The number of nitro groups is 1. The van der Waals surface area contributed by atoms with Gasteiger partial charge in [0.15, 0.2) is 0 Å². The van der Waals surface area contributed by atoms with Crippen molar-refractivity contribution in [2.24, 2.45) is 4.99 Å². The summed E-state index contributed by atoms with van der Waals surface area (Å²) in [7, 11) is 0. The molecule has 3 rings (SSSR count). The van der Waals surface area contributed by atoms with Crippen LogP contribution in [0.5, 0.6) is 5.75 Å². The smallest absolute Gasteiger partial charge is 0.271 e. The standard InChI is InChI=1S/C19H15Br2N3O3/c1-11-16(10-22-17-9-15(24(26)27)7-8-18(17)25)19(21)12(2)23(11)14-5-3-13(20)4-6-14/h3-10,25H,1-2H3. The molecule has 0 radical (unpaired) electrons. The molecular formula is C19H15Br2N3O3. The van der Waals surface area contributed by atoms with E-state index >= 15 is 0 Å². The second-order valence-electron chi connectivity index (χ2n) is 5.90. The van der Waals surface area contributed by atoms with Crippen molar-refractivity contribution in [3.63, 3.8) is 0 Å². The van der Waals surface area contributed by atoms with Crippen LogP contribution in [0.2, 0.25) is 0 Å². The summed E-state index contributed by atoms with van der Waals surface area (Å²) in [5.41, 5.74) is 3.81. The predicted octanol–water partition coefficient (Wildman–Crippen LogP) is 5.98. The third-order valence-electron chi connectivity index (χ3n) is 4.20. The van der Waals surface area contributed by atoms with Gasteiger partial charge in [0.05, 0.1) is 4.92 Å². The molecule has 1 heterocycles. The molecule has 0 atom stereocenters. The Labute approximate surface area is 172 Å². The molecule has 0 saturated heterocycles. The highest BCUT2D eigenvalue weighted by molar-refractivity contribution is 9.10. The number of halogens is 2. The number of benzene rings is 2. The van der Waals surface area contributed by atoms with Gasteiger partial charge in [-0.3, -0.25) is 15.1 Å². The highest BCUT2D eigenvalue weighted by atomic mass is 79.9. The first kappa shape index (κ1) is 19.3. The summed E-state index contributed by atoms with van der Waals surface area (Å²) >= 11 is 7.04. The van der Waals surface area contributed by atoms with Crippen LogP contribution in [-0.2, 0) is 0 Å². The summed E-state index contributed by atoms with van der Waals surface area (Å²) in [6, 6.07) is 11.7.